The number of hydrogen-bond acceptors (Lipinski definition) is 5. The second-order valence-electron chi connectivity index (χ2n) is 7.61. The maximum absolute atomic E-state index is 5.56. The van der Waals surface area contributed by atoms with E-state index in [1.54, 1.807) is 7.11 Å². The number of hydrogen-bond donors (Lipinski definition) is 1. The number of methoxy groups -OCH3 is 1. The molecule has 1 N–H and O–H groups in total. The van der Waals surface area contributed by atoms with E-state index in [2.05, 4.69) is 57.1 Å². The Kier molecular flexibility index (Phi) is 7.39. The summed E-state index contributed by atoms with van der Waals surface area (Å²) in [7, 11) is 3.59. The van der Waals surface area contributed by atoms with Crippen molar-refractivity contribution in [1.29, 1.82) is 0 Å². The molecule has 2 aliphatic rings. The Morgan fingerprint density at radius 2 is 2.07 bits per heavy atom. The molecule has 2 aliphatic heterocycles. The number of rotatable bonds is 5. The summed E-state index contributed by atoms with van der Waals surface area (Å²) >= 11 is 0. The van der Waals surface area contributed by atoms with Gasteiger partial charge in [-0.2, -0.15) is 0 Å². The van der Waals surface area contributed by atoms with E-state index in [0.29, 0.717) is 12.1 Å². The Bertz CT molecular complexity index is 645. The van der Waals surface area contributed by atoms with Gasteiger partial charge in [0.15, 0.2) is 5.96 Å². The van der Waals surface area contributed by atoms with Crippen molar-refractivity contribution >= 4 is 11.6 Å². The van der Waals surface area contributed by atoms with Crippen LogP contribution in [0.4, 0.5) is 5.69 Å². The molecule has 7 heteroatoms. The molecule has 0 aromatic heterocycles. The molecule has 0 amide bonds. The molecular weight excluding hydrogens is 354 g/mol. The largest absolute Gasteiger partial charge is 0.497 e. The Morgan fingerprint density at radius 1 is 1.29 bits per heavy atom. The van der Waals surface area contributed by atoms with Crippen LogP contribution in [0.3, 0.4) is 0 Å². The van der Waals surface area contributed by atoms with Crippen LogP contribution in [0, 0.1) is 0 Å². The van der Waals surface area contributed by atoms with E-state index in [9.17, 15) is 0 Å². The number of piperazine rings is 1. The summed E-state index contributed by atoms with van der Waals surface area (Å²) in [4.78, 5) is 11.8. The van der Waals surface area contributed by atoms with Crippen molar-refractivity contribution in [2.45, 2.75) is 25.9 Å². The van der Waals surface area contributed by atoms with E-state index in [1.165, 1.54) is 5.69 Å². The van der Waals surface area contributed by atoms with Crippen molar-refractivity contribution < 1.29 is 9.47 Å². The Balaban J connectivity index is 1.49. The third-order valence-corrected chi connectivity index (χ3v) is 5.75. The maximum atomic E-state index is 5.56. The Hall–Kier alpha value is -1.99. The average Bonchev–Trinajstić information content (AvgIpc) is 2.75. The highest BCUT2D eigenvalue weighted by atomic mass is 16.5. The van der Waals surface area contributed by atoms with Crippen molar-refractivity contribution in [3.8, 4) is 5.75 Å². The van der Waals surface area contributed by atoms with Crippen molar-refractivity contribution in [3.05, 3.63) is 24.3 Å². The van der Waals surface area contributed by atoms with Gasteiger partial charge in [0.1, 0.15) is 5.75 Å². The third kappa shape index (κ3) is 5.08. The predicted octanol–water partition coefficient (Wildman–Crippen LogP) is 1.50. The summed E-state index contributed by atoms with van der Waals surface area (Å²) in [5.41, 5.74) is 1.22. The molecule has 2 heterocycles. The number of nitrogens with one attached hydrogen (secondary N) is 1. The fourth-order valence-corrected chi connectivity index (χ4v) is 4.07. The van der Waals surface area contributed by atoms with Gasteiger partial charge in [0.05, 0.1) is 20.3 Å². The molecule has 0 radical (unpaired) electrons. The summed E-state index contributed by atoms with van der Waals surface area (Å²) < 4.78 is 10.9. The van der Waals surface area contributed by atoms with Gasteiger partial charge in [-0.05, 0) is 26.0 Å². The average molecular weight is 390 g/mol. The second-order valence-corrected chi connectivity index (χ2v) is 7.61. The van der Waals surface area contributed by atoms with Crippen molar-refractivity contribution in [2.24, 2.45) is 4.99 Å². The Morgan fingerprint density at radius 3 is 2.75 bits per heavy atom. The van der Waals surface area contributed by atoms with Gasteiger partial charge in [-0.3, -0.25) is 9.89 Å². The summed E-state index contributed by atoms with van der Waals surface area (Å²) in [5, 5.41) is 3.58. The number of benzene rings is 1. The number of ether oxygens (including phenoxy) is 2. The SMILES string of the molecule is CN=C(NCC(C)N1CCOCC1C)N1CCN(c2cccc(OC)c2)CC1. The molecule has 156 valence electrons. The van der Waals surface area contributed by atoms with E-state index < -0.39 is 0 Å². The Labute approximate surface area is 169 Å². The number of anilines is 1. The van der Waals surface area contributed by atoms with Crippen molar-refractivity contribution in [1.82, 2.24) is 15.1 Å². The monoisotopic (exact) mass is 389 g/mol. The lowest BCUT2D eigenvalue weighted by Crippen LogP contribution is -2.56. The van der Waals surface area contributed by atoms with Gasteiger partial charge in [0.25, 0.3) is 0 Å². The molecule has 2 fully saturated rings. The van der Waals surface area contributed by atoms with E-state index >= 15 is 0 Å². The number of morpholine rings is 1. The quantitative estimate of drug-likeness (QED) is 0.609. The lowest BCUT2D eigenvalue weighted by atomic mass is 10.2. The third-order valence-electron chi connectivity index (χ3n) is 5.75. The zero-order chi connectivity index (χ0) is 19.9. The van der Waals surface area contributed by atoms with Crippen LogP contribution >= 0.6 is 0 Å². The van der Waals surface area contributed by atoms with Crippen LogP contribution in [0.2, 0.25) is 0 Å². The molecule has 0 bridgehead atoms. The van der Waals surface area contributed by atoms with Crippen LogP contribution in [0.5, 0.6) is 5.75 Å². The van der Waals surface area contributed by atoms with Gasteiger partial charge in [-0.15, -0.1) is 0 Å². The minimum atomic E-state index is 0.453. The van der Waals surface area contributed by atoms with Gasteiger partial charge in [-0.1, -0.05) is 6.07 Å². The first-order valence-corrected chi connectivity index (χ1v) is 10.3. The molecule has 1 aromatic carbocycles. The van der Waals surface area contributed by atoms with Crippen LogP contribution in [0.1, 0.15) is 13.8 Å². The normalized spacial score (nSPS) is 22.9. The molecular formula is C21H35N5O2. The van der Waals surface area contributed by atoms with Crippen molar-refractivity contribution in [3.63, 3.8) is 0 Å². The second kappa shape index (κ2) is 9.98. The number of guanidine groups is 1. The molecule has 1 aromatic rings. The molecule has 0 saturated carbocycles. The van der Waals surface area contributed by atoms with E-state index in [4.69, 9.17) is 9.47 Å². The standard InChI is InChI=1S/C21H35N5O2/c1-17(26-12-13-28-16-18(26)2)15-23-21(22-3)25-10-8-24(9-11-25)19-6-5-7-20(14-19)27-4/h5-7,14,17-18H,8-13,15-16H2,1-4H3,(H,22,23). The fourth-order valence-electron chi connectivity index (χ4n) is 4.07. The van der Waals surface area contributed by atoms with Crippen LogP contribution in [-0.2, 0) is 4.74 Å². The zero-order valence-corrected chi connectivity index (χ0v) is 17.7. The highest BCUT2D eigenvalue weighted by Gasteiger charge is 2.25. The van der Waals surface area contributed by atoms with Crippen molar-refractivity contribution in [2.75, 3.05) is 71.5 Å². The topological polar surface area (TPSA) is 52.6 Å². The fraction of sp³-hybridized carbons (Fsp3) is 0.667. The number of nitrogens with zero attached hydrogens (tertiary/aromatic N) is 4. The van der Waals surface area contributed by atoms with Crippen LogP contribution in [-0.4, -0.2) is 94.5 Å². The smallest absolute Gasteiger partial charge is 0.193 e. The van der Waals surface area contributed by atoms with E-state index in [-0.39, 0.29) is 0 Å². The van der Waals surface area contributed by atoms with Gasteiger partial charge in [0, 0.05) is 70.2 Å². The van der Waals surface area contributed by atoms with Gasteiger partial charge >= 0.3 is 0 Å². The molecule has 28 heavy (non-hydrogen) atoms. The first-order chi connectivity index (χ1) is 13.6. The molecule has 3 rings (SSSR count). The lowest BCUT2D eigenvalue weighted by molar-refractivity contribution is -0.0175. The predicted molar refractivity (Wildman–Crippen MR) is 115 cm³/mol. The molecule has 0 spiro atoms. The minimum absolute atomic E-state index is 0.453. The highest BCUT2D eigenvalue weighted by Crippen LogP contribution is 2.22. The number of aliphatic imine (C=N–C) groups is 1. The van der Waals surface area contributed by atoms with Crippen LogP contribution in [0.25, 0.3) is 0 Å². The molecule has 2 atom stereocenters. The highest BCUT2D eigenvalue weighted by molar-refractivity contribution is 5.80. The van der Waals surface area contributed by atoms with E-state index in [0.717, 1.165) is 64.2 Å². The zero-order valence-electron chi connectivity index (χ0n) is 17.7. The lowest BCUT2D eigenvalue weighted by Gasteiger charge is -2.40. The summed E-state index contributed by atoms with van der Waals surface area (Å²) in [6, 6.07) is 9.22. The first-order valence-electron chi connectivity index (χ1n) is 10.3. The van der Waals surface area contributed by atoms with E-state index in [1.807, 2.05) is 13.1 Å². The molecule has 2 unspecified atom stereocenters. The summed E-state index contributed by atoms with van der Waals surface area (Å²) in [6.07, 6.45) is 0. The minimum Gasteiger partial charge on any atom is -0.497 e. The molecule has 7 nitrogen and oxygen atoms in total. The molecule has 0 aliphatic carbocycles. The maximum Gasteiger partial charge on any atom is 0.193 e. The molecule has 2 saturated heterocycles. The first kappa shape index (κ1) is 20.7. The van der Waals surface area contributed by atoms with Crippen LogP contribution < -0.4 is 15.0 Å². The van der Waals surface area contributed by atoms with Crippen LogP contribution in [0.15, 0.2) is 29.3 Å². The summed E-state index contributed by atoms with van der Waals surface area (Å²) in [5.74, 6) is 1.90. The van der Waals surface area contributed by atoms with Gasteiger partial charge in [-0.25, -0.2) is 0 Å². The van der Waals surface area contributed by atoms with Gasteiger partial charge in [0.2, 0.25) is 0 Å². The summed E-state index contributed by atoms with van der Waals surface area (Å²) in [6.45, 7) is 11.9. The van der Waals surface area contributed by atoms with Gasteiger partial charge < -0.3 is 24.6 Å².